The predicted molar refractivity (Wildman–Crippen MR) is 131 cm³/mol. The molecule has 0 spiro atoms. The summed E-state index contributed by atoms with van der Waals surface area (Å²) in [5.41, 5.74) is 1.99. The number of hydrogen-bond donors (Lipinski definition) is 0. The molecule has 3 heterocycles. The number of nitrogens with zero attached hydrogens (tertiary/aromatic N) is 2. The van der Waals surface area contributed by atoms with Gasteiger partial charge in [-0.3, -0.25) is 9.59 Å². The van der Waals surface area contributed by atoms with Crippen molar-refractivity contribution < 1.29 is 19.1 Å². The van der Waals surface area contributed by atoms with Gasteiger partial charge < -0.3 is 19.3 Å². The van der Waals surface area contributed by atoms with Crippen LogP contribution in [0.5, 0.6) is 11.5 Å². The minimum Gasteiger partial charge on any atom is -0.497 e. The molecule has 6 heteroatoms. The van der Waals surface area contributed by atoms with Crippen LogP contribution >= 0.6 is 0 Å². The van der Waals surface area contributed by atoms with Crippen molar-refractivity contribution in [2.24, 2.45) is 5.92 Å². The van der Waals surface area contributed by atoms with E-state index in [2.05, 4.69) is 12.1 Å². The molecule has 2 saturated heterocycles. The number of hydrogen-bond acceptors (Lipinski definition) is 4. The van der Waals surface area contributed by atoms with Crippen molar-refractivity contribution in [3.63, 3.8) is 0 Å². The summed E-state index contributed by atoms with van der Waals surface area (Å²) in [5.74, 6) is 1.31. The lowest BCUT2D eigenvalue weighted by molar-refractivity contribution is -0.164. The van der Waals surface area contributed by atoms with Gasteiger partial charge in [-0.1, -0.05) is 60.7 Å². The van der Waals surface area contributed by atoms with E-state index in [1.165, 1.54) is 0 Å². The Morgan fingerprint density at radius 1 is 0.971 bits per heavy atom. The van der Waals surface area contributed by atoms with Gasteiger partial charge in [0, 0.05) is 23.9 Å². The van der Waals surface area contributed by atoms with Crippen LogP contribution in [0, 0.1) is 5.92 Å². The number of rotatable bonds is 4. The van der Waals surface area contributed by atoms with E-state index >= 15 is 0 Å². The van der Waals surface area contributed by atoms with E-state index in [0.29, 0.717) is 13.2 Å². The Hall–Kier alpha value is -3.80. The molecular weight excluding hydrogens is 440 g/mol. The third-order valence-electron chi connectivity index (χ3n) is 7.89. The average molecular weight is 469 g/mol. The molecule has 0 aliphatic carbocycles. The van der Waals surface area contributed by atoms with Crippen LogP contribution in [0.4, 0.5) is 0 Å². The van der Waals surface area contributed by atoms with Gasteiger partial charge in [0.15, 0.2) is 0 Å². The average Bonchev–Trinajstić information content (AvgIpc) is 3.18. The second-order valence-corrected chi connectivity index (χ2v) is 9.77. The molecule has 0 aromatic heterocycles. The highest BCUT2D eigenvalue weighted by atomic mass is 16.5. The van der Waals surface area contributed by atoms with Crippen LogP contribution < -0.4 is 9.47 Å². The summed E-state index contributed by atoms with van der Waals surface area (Å²) >= 11 is 0. The van der Waals surface area contributed by atoms with E-state index in [1.807, 2.05) is 78.6 Å². The van der Waals surface area contributed by atoms with E-state index in [1.54, 1.807) is 12.0 Å². The van der Waals surface area contributed by atoms with Gasteiger partial charge in [0.2, 0.25) is 11.8 Å². The second kappa shape index (κ2) is 8.15. The van der Waals surface area contributed by atoms with E-state index in [4.69, 9.17) is 9.47 Å². The Kier molecular flexibility index (Phi) is 5.06. The molecule has 0 radical (unpaired) electrons. The molecule has 178 valence electrons. The molecule has 0 bridgehead atoms. The Morgan fingerprint density at radius 2 is 1.69 bits per heavy atom. The number of benzene rings is 3. The summed E-state index contributed by atoms with van der Waals surface area (Å²) in [7, 11) is 1.63. The summed E-state index contributed by atoms with van der Waals surface area (Å²) in [5, 5.41) is 0. The van der Waals surface area contributed by atoms with Crippen LogP contribution in [0.2, 0.25) is 0 Å². The molecule has 2 fully saturated rings. The SMILES string of the molecule is COc1ccc(CN2CC(=O)N3[C@H]4c5ccccc5OC[C@@H]4[C@H](c4ccccc4)[C@]3(C)C2=O)cc1. The van der Waals surface area contributed by atoms with Gasteiger partial charge in [-0.2, -0.15) is 0 Å². The lowest BCUT2D eigenvalue weighted by atomic mass is 9.73. The molecule has 6 rings (SSSR count). The topological polar surface area (TPSA) is 59.1 Å². The van der Waals surface area contributed by atoms with Crippen LogP contribution in [-0.2, 0) is 16.1 Å². The fraction of sp³-hybridized carbons (Fsp3) is 0.310. The predicted octanol–water partition coefficient (Wildman–Crippen LogP) is 4.17. The molecular formula is C29H28N2O4. The molecule has 0 N–H and O–H groups in total. The fourth-order valence-electron chi connectivity index (χ4n) is 6.42. The van der Waals surface area contributed by atoms with Gasteiger partial charge in [0.1, 0.15) is 23.6 Å². The number of carbonyl (C=O) groups is 2. The number of piperazine rings is 1. The lowest BCUT2D eigenvalue weighted by Gasteiger charge is -2.47. The Labute approximate surface area is 205 Å². The first-order valence-electron chi connectivity index (χ1n) is 12.0. The molecule has 0 saturated carbocycles. The highest BCUT2D eigenvalue weighted by Gasteiger charge is 2.66. The first kappa shape index (κ1) is 21.7. The van der Waals surface area contributed by atoms with Gasteiger partial charge in [0.05, 0.1) is 19.8 Å². The number of methoxy groups -OCH3 is 1. The van der Waals surface area contributed by atoms with E-state index in [0.717, 1.165) is 28.2 Å². The third-order valence-corrected chi connectivity index (χ3v) is 7.89. The summed E-state index contributed by atoms with van der Waals surface area (Å²) in [6.45, 7) is 2.86. The van der Waals surface area contributed by atoms with Crippen molar-refractivity contribution in [3.8, 4) is 11.5 Å². The van der Waals surface area contributed by atoms with Crippen LogP contribution in [0.25, 0.3) is 0 Å². The molecule has 2 amide bonds. The normalized spacial score (nSPS) is 27.1. The monoisotopic (exact) mass is 468 g/mol. The van der Waals surface area contributed by atoms with Crippen LogP contribution in [0.3, 0.4) is 0 Å². The number of para-hydroxylation sites is 1. The highest BCUT2D eigenvalue weighted by Crippen LogP contribution is 2.59. The van der Waals surface area contributed by atoms with Gasteiger partial charge in [-0.15, -0.1) is 0 Å². The Balaban J connectivity index is 1.44. The maximum absolute atomic E-state index is 14.3. The van der Waals surface area contributed by atoms with Crippen LogP contribution in [0.15, 0.2) is 78.9 Å². The molecule has 3 aliphatic rings. The standard InChI is InChI=1S/C29H28N2O4/c1-29-26(20-8-4-3-5-9-20)23-18-35-24-11-7-6-10-22(24)27(23)31(29)25(32)17-30(28(29)33)16-19-12-14-21(34-2)15-13-19/h3-15,23,26-27H,16-18H2,1-2H3/t23-,26+,27+,29-/m1/s1. The van der Waals surface area contributed by atoms with Crippen molar-refractivity contribution in [1.29, 1.82) is 0 Å². The maximum atomic E-state index is 14.3. The van der Waals surface area contributed by atoms with E-state index < -0.39 is 5.54 Å². The quantitative estimate of drug-likeness (QED) is 0.577. The summed E-state index contributed by atoms with van der Waals surface area (Å²) in [6.07, 6.45) is 0. The first-order chi connectivity index (χ1) is 17.0. The molecule has 3 aromatic rings. The number of carbonyl (C=O) groups excluding carboxylic acids is 2. The summed E-state index contributed by atoms with van der Waals surface area (Å²) in [4.78, 5) is 31.7. The maximum Gasteiger partial charge on any atom is 0.249 e. The molecule has 0 unspecified atom stereocenters. The molecule has 3 aliphatic heterocycles. The first-order valence-corrected chi connectivity index (χ1v) is 12.0. The summed E-state index contributed by atoms with van der Waals surface area (Å²) in [6, 6.07) is 25.5. The van der Waals surface area contributed by atoms with Gasteiger partial charge in [-0.25, -0.2) is 0 Å². The largest absolute Gasteiger partial charge is 0.497 e. The molecule has 6 nitrogen and oxygen atoms in total. The Morgan fingerprint density at radius 3 is 2.43 bits per heavy atom. The van der Waals surface area contributed by atoms with E-state index in [-0.39, 0.29) is 36.2 Å². The smallest absolute Gasteiger partial charge is 0.249 e. The van der Waals surface area contributed by atoms with Gasteiger partial charge in [-0.05, 0) is 36.2 Å². The summed E-state index contributed by atoms with van der Waals surface area (Å²) < 4.78 is 11.4. The number of fused-ring (bicyclic) bond motifs is 5. The molecule has 35 heavy (non-hydrogen) atoms. The van der Waals surface area contributed by atoms with Crippen molar-refractivity contribution in [2.45, 2.75) is 31.0 Å². The third kappa shape index (κ3) is 3.23. The minimum atomic E-state index is -1.01. The van der Waals surface area contributed by atoms with Crippen LogP contribution in [0.1, 0.15) is 35.6 Å². The Bertz CT molecular complexity index is 1280. The minimum absolute atomic E-state index is 0.0198. The molecule has 4 atom stereocenters. The van der Waals surface area contributed by atoms with E-state index in [9.17, 15) is 9.59 Å². The zero-order valence-corrected chi connectivity index (χ0v) is 19.9. The fourth-order valence-corrected chi connectivity index (χ4v) is 6.42. The zero-order chi connectivity index (χ0) is 24.2. The zero-order valence-electron chi connectivity index (χ0n) is 19.9. The number of amides is 2. The molecule has 3 aromatic carbocycles. The number of ether oxygens (including phenoxy) is 2. The van der Waals surface area contributed by atoms with Gasteiger partial charge >= 0.3 is 0 Å². The second-order valence-electron chi connectivity index (χ2n) is 9.77. The van der Waals surface area contributed by atoms with Crippen LogP contribution in [-0.4, -0.2) is 47.4 Å². The lowest BCUT2D eigenvalue weighted by Crippen LogP contribution is -2.65. The van der Waals surface area contributed by atoms with Crippen molar-refractivity contribution in [3.05, 3.63) is 95.6 Å². The van der Waals surface area contributed by atoms with Crippen molar-refractivity contribution >= 4 is 11.8 Å². The van der Waals surface area contributed by atoms with Crippen molar-refractivity contribution in [1.82, 2.24) is 9.80 Å². The highest BCUT2D eigenvalue weighted by molar-refractivity contribution is 5.99. The van der Waals surface area contributed by atoms with Gasteiger partial charge in [0.25, 0.3) is 0 Å². The van der Waals surface area contributed by atoms with Crippen molar-refractivity contribution in [2.75, 3.05) is 20.3 Å².